The number of rotatable bonds is 7. The zero-order chi connectivity index (χ0) is 18.4. The highest BCUT2D eigenvalue weighted by Crippen LogP contribution is 2.18. The average molecular weight is 341 g/mol. The lowest BCUT2D eigenvalue weighted by Crippen LogP contribution is -2.43. The van der Waals surface area contributed by atoms with Crippen LogP contribution < -0.4 is 14.8 Å². The number of carbonyl (C=O) groups is 1. The number of hydrogen-bond acceptors (Lipinski definition) is 3. The fraction of sp³-hybridized carbons (Fsp3) is 0.381. The Balaban J connectivity index is 1.84. The summed E-state index contributed by atoms with van der Waals surface area (Å²) in [6.45, 7) is 10.1. The minimum absolute atomic E-state index is 0.114. The molecule has 0 aromatic heterocycles. The molecule has 1 N–H and O–H groups in total. The Hall–Kier alpha value is -2.49. The van der Waals surface area contributed by atoms with Crippen LogP contribution >= 0.6 is 0 Å². The zero-order valence-corrected chi connectivity index (χ0v) is 15.6. The smallest absolute Gasteiger partial charge is 0.261 e. The molecule has 2 aromatic rings. The van der Waals surface area contributed by atoms with E-state index in [1.807, 2.05) is 64.1 Å². The fourth-order valence-electron chi connectivity index (χ4n) is 2.59. The number of nitrogens with one attached hydrogen (secondary N) is 1. The van der Waals surface area contributed by atoms with Crippen LogP contribution in [-0.2, 0) is 4.79 Å². The van der Waals surface area contributed by atoms with Gasteiger partial charge >= 0.3 is 0 Å². The van der Waals surface area contributed by atoms with Gasteiger partial charge in [0.15, 0.2) is 6.10 Å². The van der Waals surface area contributed by atoms with Crippen molar-refractivity contribution in [1.29, 1.82) is 0 Å². The Bertz CT molecular complexity index is 707. The van der Waals surface area contributed by atoms with Gasteiger partial charge in [-0.05, 0) is 69.5 Å². The number of ether oxygens (including phenoxy) is 2. The number of carbonyl (C=O) groups excluding carboxylic acids is 1. The standard InChI is InChI=1S/C21H27NO3/c1-14-10-15(2)12-19(11-14)25-18(5)21(23)22-17(4)13-24-20-9-7-6-8-16(20)3/h6-12,17-18H,13H2,1-5H3,(H,22,23)/t17-,18-/m1/s1. The Morgan fingerprint density at radius 1 is 1.04 bits per heavy atom. The number of hydrogen-bond donors (Lipinski definition) is 1. The molecule has 0 bridgehead atoms. The third kappa shape index (κ3) is 5.82. The molecule has 0 radical (unpaired) electrons. The molecule has 0 aliphatic heterocycles. The second kappa shape index (κ2) is 8.56. The monoisotopic (exact) mass is 341 g/mol. The molecular formula is C21H27NO3. The van der Waals surface area contributed by atoms with Crippen molar-refractivity contribution in [2.75, 3.05) is 6.61 Å². The average Bonchev–Trinajstić information content (AvgIpc) is 2.53. The van der Waals surface area contributed by atoms with E-state index in [9.17, 15) is 4.79 Å². The van der Waals surface area contributed by atoms with E-state index < -0.39 is 6.10 Å². The number of amides is 1. The third-order valence-electron chi connectivity index (χ3n) is 3.85. The van der Waals surface area contributed by atoms with Crippen LogP contribution in [0.1, 0.15) is 30.5 Å². The summed E-state index contributed by atoms with van der Waals surface area (Å²) in [5, 5.41) is 2.93. The molecule has 1 amide bonds. The molecule has 0 saturated carbocycles. The molecule has 0 unspecified atom stereocenters. The summed E-state index contributed by atoms with van der Waals surface area (Å²) in [6.07, 6.45) is -0.567. The summed E-state index contributed by atoms with van der Waals surface area (Å²) in [4.78, 5) is 12.3. The minimum Gasteiger partial charge on any atom is -0.491 e. The van der Waals surface area contributed by atoms with Crippen LogP contribution in [0.15, 0.2) is 42.5 Å². The highest BCUT2D eigenvalue weighted by Gasteiger charge is 2.17. The van der Waals surface area contributed by atoms with Crippen molar-refractivity contribution in [2.45, 2.75) is 46.8 Å². The summed E-state index contributed by atoms with van der Waals surface area (Å²) in [6, 6.07) is 13.7. The number of aryl methyl sites for hydroxylation is 3. The van der Waals surface area contributed by atoms with E-state index in [0.717, 1.165) is 22.4 Å². The van der Waals surface area contributed by atoms with Gasteiger partial charge in [-0.1, -0.05) is 24.3 Å². The number of benzene rings is 2. The highest BCUT2D eigenvalue weighted by molar-refractivity contribution is 5.81. The maximum atomic E-state index is 12.3. The molecule has 2 rings (SSSR count). The molecular weight excluding hydrogens is 314 g/mol. The topological polar surface area (TPSA) is 47.6 Å². The molecule has 0 heterocycles. The van der Waals surface area contributed by atoms with Crippen LogP contribution in [0.3, 0.4) is 0 Å². The molecule has 2 aromatic carbocycles. The SMILES string of the molecule is Cc1cc(C)cc(O[C@H](C)C(=O)N[C@H](C)COc2ccccc2C)c1. The summed E-state index contributed by atoms with van der Waals surface area (Å²) >= 11 is 0. The van der Waals surface area contributed by atoms with Gasteiger partial charge in [0.05, 0.1) is 6.04 Å². The quantitative estimate of drug-likeness (QED) is 0.829. The molecule has 0 fully saturated rings. The van der Waals surface area contributed by atoms with Crippen LogP contribution in [0.4, 0.5) is 0 Å². The Morgan fingerprint density at radius 3 is 2.32 bits per heavy atom. The summed E-state index contributed by atoms with van der Waals surface area (Å²) in [5.74, 6) is 1.40. The Kier molecular flexibility index (Phi) is 6.45. The first-order chi connectivity index (χ1) is 11.8. The predicted molar refractivity (Wildman–Crippen MR) is 100 cm³/mol. The summed E-state index contributed by atoms with van der Waals surface area (Å²) < 4.78 is 11.5. The highest BCUT2D eigenvalue weighted by atomic mass is 16.5. The van der Waals surface area contributed by atoms with Gasteiger partial charge in [0.2, 0.25) is 0 Å². The van der Waals surface area contributed by atoms with Crippen molar-refractivity contribution in [1.82, 2.24) is 5.32 Å². The summed E-state index contributed by atoms with van der Waals surface area (Å²) in [7, 11) is 0. The molecule has 0 aliphatic rings. The first-order valence-corrected chi connectivity index (χ1v) is 8.59. The maximum absolute atomic E-state index is 12.3. The lowest BCUT2D eigenvalue weighted by molar-refractivity contribution is -0.128. The maximum Gasteiger partial charge on any atom is 0.261 e. The van der Waals surface area contributed by atoms with E-state index in [1.165, 1.54) is 0 Å². The normalized spacial score (nSPS) is 13.0. The minimum atomic E-state index is -0.567. The van der Waals surface area contributed by atoms with Crippen molar-refractivity contribution in [3.05, 3.63) is 59.2 Å². The molecule has 0 spiro atoms. The molecule has 25 heavy (non-hydrogen) atoms. The van der Waals surface area contributed by atoms with Gasteiger partial charge in [0.1, 0.15) is 18.1 Å². The van der Waals surface area contributed by atoms with Crippen molar-refractivity contribution >= 4 is 5.91 Å². The predicted octanol–water partition coefficient (Wildman–Crippen LogP) is 3.96. The zero-order valence-electron chi connectivity index (χ0n) is 15.6. The number of para-hydroxylation sites is 1. The lowest BCUT2D eigenvalue weighted by atomic mass is 10.1. The van der Waals surface area contributed by atoms with E-state index in [4.69, 9.17) is 9.47 Å². The Labute approximate surface area is 150 Å². The van der Waals surface area contributed by atoms with E-state index in [1.54, 1.807) is 6.92 Å². The third-order valence-corrected chi connectivity index (χ3v) is 3.85. The van der Waals surface area contributed by atoms with Crippen LogP contribution in [0, 0.1) is 20.8 Å². The van der Waals surface area contributed by atoms with E-state index >= 15 is 0 Å². The first-order valence-electron chi connectivity index (χ1n) is 8.59. The van der Waals surface area contributed by atoms with Crippen LogP contribution in [-0.4, -0.2) is 24.7 Å². The fourth-order valence-corrected chi connectivity index (χ4v) is 2.59. The molecule has 134 valence electrons. The van der Waals surface area contributed by atoms with Crippen molar-refractivity contribution < 1.29 is 14.3 Å². The second-order valence-corrected chi connectivity index (χ2v) is 6.57. The summed E-state index contributed by atoms with van der Waals surface area (Å²) in [5.41, 5.74) is 3.30. The van der Waals surface area contributed by atoms with Crippen molar-refractivity contribution in [2.24, 2.45) is 0 Å². The van der Waals surface area contributed by atoms with Gasteiger partial charge in [0, 0.05) is 0 Å². The van der Waals surface area contributed by atoms with Crippen molar-refractivity contribution in [3.8, 4) is 11.5 Å². The molecule has 0 saturated heterocycles. The molecule has 4 heteroatoms. The largest absolute Gasteiger partial charge is 0.491 e. The Morgan fingerprint density at radius 2 is 1.68 bits per heavy atom. The molecule has 2 atom stereocenters. The van der Waals surface area contributed by atoms with Gasteiger partial charge in [-0.2, -0.15) is 0 Å². The van der Waals surface area contributed by atoms with Gasteiger partial charge in [-0.3, -0.25) is 4.79 Å². The van der Waals surface area contributed by atoms with Crippen LogP contribution in [0.2, 0.25) is 0 Å². The molecule has 4 nitrogen and oxygen atoms in total. The van der Waals surface area contributed by atoms with E-state index in [0.29, 0.717) is 12.4 Å². The van der Waals surface area contributed by atoms with E-state index in [-0.39, 0.29) is 11.9 Å². The van der Waals surface area contributed by atoms with Gasteiger partial charge in [-0.25, -0.2) is 0 Å². The van der Waals surface area contributed by atoms with Crippen molar-refractivity contribution in [3.63, 3.8) is 0 Å². The second-order valence-electron chi connectivity index (χ2n) is 6.57. The van der Waals surface area contributed by atoms with Gasteiger partial charge in [0.25, 0.3) is 5.91 Å². The van der Waals surface area contributed by atoms with Crippen LogP contribution in [0.5, 0.6) is 11.5 Å². The van der Waals surface area contributed by atoms with Gasteiger partial charge in [-0.15, -0.1) is 0 Å². The first kappa shape index (κ1) is 18.8. The lowest BCUT2D eigenvalue weighted by Gasteiger charge is -2.20. The van der Waals surface area contributed by atoms with Crippen LogP contribution in [0.25, 0.3) is 0 Å². The van der Waals surface area contributed by atoms with Gasteiger partial charge < -0.3 is 14.8 Å². The molecule has 0 aliphatic carbocycles. The van der Waals surface area contributed by atoms with E-state index in [2.05, 4.69) is 11.4 Å².